The maximum absolute atomic E-state index is 9.83. The number of aryl methyl sites for hydroxylation is 4. The summed E-state index contributed by atoms with van der Waals surface area (Å²) in [7, 11) is 0. The molecule has 0 unspecified atom stereocenters. The van der Waals surface area contributed by atoms with E-state index in [9.17, 15) is 5.26 Å². The molecule has 9 nitrogen and oxygen atoms in total. The van der Waals surface area contributed by atoms with Crippen LogP contribution in [0.3, 0.4) is 0 Å². The van der Waals surface area contributed by atoms with E-state index in [2.05, 4.69) is 105 Å². The minimum atomic E-state index is 0.573. The van der Waals surface area contributed by atoms with E-state index in [1.54, 1.807) is 0 Å². The molecule has 9 heteroatoms. The van der Waals surface area contributed by atoms with Crippen molar-refractivity contribution in [1.29, 1.82) is 5.26 Å². The zero-order valence-corrected chi connectivity index (χ0v) is 31.7. The highest BCUT2D eigenvalue weighted by atomic mass is 16.5. The molecule has 0 aliphatic carbocycles. The van der Waals surface area contributed by atoms with Gasteiger partial charge >= 0.3 is 0 Å². The lowest BCUT2D eigenvalue weighted by atomic mass is 10.1. The Hall–Kier alpha value is -7.88. The Bertz CT molecular complexity index is 3100. The lowest BCUT2D eigenvalue weighted by Gasteiger charge is -2.16. The van der Waals surface area contributed by atoms with E-state index in [-0.39, 0.29) is 0 Å². The topological polar surface area (TPSA) is 82.9 Å². The molecule has 0 spiro atoms. The van der Waals surface area contributed by atoms with Crippen molar-refractivity contribution in [3.8, 4) is 40.8 Å². The molecular weight excluding hydrogens is 705 g/mol. The molecule has 0 amide bonds. The molecule has 0 saturated heterocycles. The first-order chi connectivity index (χ1) is 27.8. The van der Waals surface area contributed by atoms with Crippen LogP contribution in [0.2, 0.25) is 0 Å². The average molecular weight is 739 g/mol. The molecule has 0 aliphatic heterocycles. The van der Waals surface area contributed by atoms with Gasteiger partial charge < -0.3 is 4.74 Å². The lowest BCUT2D eigenvalue weighted by Crippen LogP contribution is -2.07. The van der Waals surface area contributed by atoms with Crippen molar-refractivity contribution in [1.82, 2.24) is 28.2 Å². The zero-order chi connectivity index (χ0) is 38.9. The highest BCUT2D eigenvalue weighted by Crippen LogP contribution is 2.40. The number of rotatable bonds is 6. The Labute approximate surface area is 328 Å². The lowest BCUT2D eigenvalue weighted by molar-refractivity contribution is 0.484. The Kier molecular flexibility index (Phi) is 7.60. The van der Waals surface area contributed by atoms with E-state index in [4.69, 9.17) is 21.3 Å². The first-order valence-electron chi connectivity index (χ1n) is 18.7. The van der Waals surface area contributed by atoms with Crippen LogP contribution in [0.1, 0.15) is 27.8 Å². The molecule has 272 valence electrons. The van der Waals surface area contributed by atoms with Gasteiger partial charge in [-0.2, -0.15) is 5.26 Å². The fourth-order valence-electron chi connectivity index (χ4n) is 8.46. The molecular formula is C48H34N8O. The van der Waals surface area contributed by atoms with E-state index >= 15 is 0 Å². The number of nitriles is 1. The number of imidazole rings is 2. The van der Waals surface area contributed by atoms with Gasteiger partial charge in [-0.1, -0.05) is 42.5 Å². The molecule has 6 aromatic carbocycles. The summed E-state index contributed by atoms with van der Waals surface area (Å²) in [5.41, 5.74) is 11.5. The third kappa shape index (κ3) is 5.21. The van der Waals surface area contributed by atoms with Crippen LogP contribution in [-0.4, -0.2) is 28.2 Å². The molecule has 0 fully saturated rings. The van der Waals surface area contributed by atoms with Gasteiger partial charge in [-0.15, -0.1) is 0 Å². The summed E-state index contributed by atoms with van der Waals surface area (Å²) in [5.74, 6) is 2.76. The van der Waals surface area contributed by atoms with Crippen molar-refractivity contribution in [2.24, 2.45) is 0 Å². The Balaban J connectivity index is 1.15. The van der Waals surface area contributed by atoms with Gasteiger partial charge in [0.05, 0.1) is 51.6 Å². The molecule has 0 atom stereocenters. The SMILES string of the molecule is [C-]#[N+]c1ccc2c(c1)c1ccc(Oc3ccc4c5cc(C#N)ccc5n(-c5nccn5-c5c(C)cccc5C)c4c3)cc1n2-c1nccn1-c1c(C)cccc1C. The molecule has 57 heavy (non-hydrogen) atoms. The van der Waals surface area contributed by atoms with E-state index in [1.807, 2.05) is 85.5 Å². The van der Waals surface area contributed by atoms with Crippen LogP contribution in [0.4, 0.5) is 5.69 Å². The van der Waals surface area contributed by atoms with Crippen molar-refractivity contribution >= 4 is 49.3 Å². The molecule has 0 bridgehead atoms. The fourth-order valence-corrected chi connectivity index (χ4v) is 8.46. The van der Waals surface area contributed by atoms with Gasteiger partial charge in [0.1, 0.15) is 11.5 Å². The number of hydrogen-bond donors (Lipinski definition) is 0. The van der Waals surface area contributed by atoms with Crippen LogP contribution in [0.5, 0.6) is 11.5 Å². The number of hydrogen-bond acceptors (Lipinski definition) is 4. The van der Waals surface area contributed by atoms with E-state index in [0.29, 0.717) is 22.7 Å². The number of para-hydroxylation sites is 2. The summed E-state index contributed by atoms with van der Waals surface area (Å²) in [5, 5.41) is 13.7. The highest BCUT2D eigenvalue weighted by molar-refractivity contribution is 6.11. The molecule has 4 heterocycles. The monoisotopic (exact) mass is 738 g/mol. The normalized spacial score (nSPS) is 11.5. The van der Waals surface area contributed by atoms with Gasteiger partial charge in [0.25, 0.3) is 0 Å². The minimum Gasteiger partial charge on any atom is -0.457 e. The number of fused-ring (bicyclic) bond motifs is 6. The second kappa shape index (κ2) is 12.9. The Morgan fingerprint density at radius 1 is 0.561 bits per heavy atom. The van der Waals surface area contributed by atoms with Gasteiger partial charge in [0.15, 0.2) is 5.69 Å². The third-order valence-corrected chi connectivity index (χ3v) is 11.0. The van der Waals surface area contributed by atoms with Crippen LogP contribution < -0.4 is 4.74 Å². The first kappa shape index (κ1) is 33.7. The Morgan fingerprint density at radius 3 is 1.54 bits per heavy atom. The maximum atomic E-state index is 9.83. The molecule has 0 N–H and O–H groups in total. The van der Waals surface area contributed by atoms with Crippen LogP contribution in [-0.2, 0) is 0 Å². The van der Waals surface area contributed by atoms with Crippen molar-refractivity contribution < 1.29 is 4.74 Å². The van der Waals surface area contributed by atoms with Crippen molar-refractivity contribution in [3.05, 3.63) is 173 Å². The summed E-state index contributed by atoms with van der Waals surface area (Å²) in [6.07, 6.45) is 7.64. The zero-order valence-electron chi connectivity index (χ0n) is 31.7. The molecule has 0 radical (unpaired) electrons. The van der Waals surface area contributed by atoms with E-state index in [0.717, 1.165) is 89.1 Å². The molecule has 4 aromatic heterocycles. The van der Waals surface area contributed by atoms with Crippen LogP contribution >= 0.6 is 0 Å². The number of ether oxygens (including phenoxy) is 1. The van der Waals surface area contributed by atoms with Gasteiger partial charge in [-0.3, -0.25) is 18.3 Å². The van der Waals surface area contributed by atoms with Crippen molar-refractivity contribution in [2.45, 2.75) is 27.7 Å². The highest BCUT2D eigenvalue weighted by Gasteiger charge is 2.22. The molecule has 0 aliphatic rings. The van der Waals surface area contributed by atoms with Crippen molar-refractivity contribution in [2.75, 3.05) is 0 Å². The number of benzene rings is 6. The minimum absolute atomic E-state index is 0.573. The third-order valence-electron chi connectivity index (χ3n) is 11.0. The van der Waals surface area contributed by atoms with Gasteiger partial charge in [0, 0.05) is 53.1 Å². The first-order valence-corrected chi connectivity index (χ1v) is 18.7. The molecule has 10 aromatic rings. The number of aromatic nitrogens is 6. The van der Waals surface area contributed by atoms with E-state index in [1.165, 1.54) is 0 Å². The summed E-state index contributed by atoms with van der Waals surface area (Å²) in [6.45, 7) is 16.2. The predicted molar refractivity (Wildman–Crippen MR) is 226 cm³/mol. The second-order valence-electron chi connectivity index (χ2n) is 14.5. The van der Waals surface area contributed by atoms with Crippen molar-refractivity contribution in [3.63, 3.8) is 0 Å². The second-order valence-corrected chi connectivity index (χ2v) is 14.5. The summed E-state index contributed by atoms with van der Waals surface area (Å²) in [4.78, 5) is 13.6. The summed E-state index contributed by atoms with van der Waals surface area (Å²) in [6, 6.07) is 38.6. The maximum Gasteiger partial charge on any atom is 0.219 e. The quantitative estimate of drug-likeness (QED) is 0.159. The standard InChI is InChI=1S/C48H34N8O/c1-29-8-6-9-30(2)45(29)53-22-20-51-47(53)55-41-18-12-33(28-49)24-39(41)37-16-14-35(26-43(37)55)57-36-15-17-38-40-25-34(50-5)13-19-42(40)56(44(38)27-36)48-52-21-23-54(48)46-31(3)10-7-11-32(46)4/h6-27H,1-4H3. The van der Waals surface area contributed by atoms with Gasteiger partial charge in [-0.25, -0.2) is 14.8 Å². The summed E-state index contributed by atoms with van der Waals surface area (Å²) < 4.78 is 15.3. The Morgan fingerprint density at radius 2 is 1.05 bits per heavy atom. The largest absolute Gasteiger partial charge is 0.457 e. The molecule has 0 saturated carbocycles. The molecule has 10 rings (SSSR count). The number of nitrogens with zero attached hydrogens (tertiary/aromatic N) is 8. The van der Waals surface area contributed by atoms with Gasteiger partial charge in [-0.05, 0) is 110 Å². The van der Waals surface area contributed by atoms with Crippen LogP contribution in [0.25, 0.3) is 71.7 Å². The van der Waals surface area contributed by atoms with Crippen LogP contribution in [0, 0.1) is 45.6 Å². The van der Waals surface area contributed by atoms with E-state index < -0.39 is 0 Å². The van der Waals surface area contributed by atoms with Gasteiger partial charge in [0.2, 0.25) is 11.9 Å². The summed E-state index contributed by atoms with van der Waals surface area (Å²) >= 11 is 0. The average Bonchev–Trinajstić information content (AvgIpc) is 4.01. The fraction of sp³-hybridized carbons (Fsp3) is 0.0833. The van der Waals surface area contributed by atoms with Crippen LogP contribution in [0.15, 0.2) is 134 Å². The predicted octanol–water partition coefficient (Wildman–Crippen LogP) is 11.7. The smallest absolute Gasteiger partial charge is 0.219 e.